The number of hydrogen-bond acceptors (Lipinski definition) is 3. The number of carbonyl (C=O) groups excluding carboxylic acids is 2. The van der Waals surface area contributed by atoms with Crippen molar-refractivity contribution in [3.63, 3.8) is 0 Å². The van der Waals surface area contributed by atoms with Gasteiger partial charge in [0.2, 0.25) is 0 Å². The van der Waals surface area contributed by atoms with Crippen LogP contribution in [0.3, 0.4) is 0 Å². The van der Waals surface area contributed by atoms with Crippen LogP contribution in [0.15, 0.2) is 66.7 Å². The van der Waals surface area contributed by atoms with E-state index in [-0.39, 0.29) is 17.7 Å². The molecule has 7 heteroatoms. The van der Waals surface area contributed by atoms with Crippen LogP contribution in [0.2, 0.25) is 5.02 Å². The zero-order valence-electron chi connectivity index (χ0n) is 19.8. The predicted octanol–water partition coefficient (Wildman–Crippen LogP) is 6.10. The summed E-state index contributed by atoms with van der Waals surface area (Å²) in [6, 6.07) is 18.1. The zero-order chi connectivity index (χ0) is 24.8. The van der Waals surface area contributed by atoms with E-state index in [1.807, 2.05) is 51.0 Å². The van der Waals surface area contributed by atoms with Gasteiger partial charge in [0.15, 0.2) is 0 Å². The molecule has 0 heterocycles. The number of rotatable bonds is 8. The third-order valence-corrected chi connectivity index (χ3v) is 5.57. The Balaban J connectivity index is 1.92. The summed E-state index contributed by atoms with van der Waals surface area (Å²) in [6.07, 6.45) is 0. The summed E-state index contributed by atoms with van der Waals surface area (Å²) in [6.45, 7) is 4.85. The van der Waals surface area contributed by atoms with Gasteiger partial charge in [0.1, 0.15) is 5.82 Å². The third kappa shape index (κ3) is 6.35. The van der Waals surface area contributed by atoms with Gasteiger partial charge in [-0.3, -0.25) is 9.59 Å². The van der Waals surface area contributed by atoms with Crippen LogP contribution >= 0.6 is 11.6 Å². The molecule has 0 aromatic heterocycles. The van der Waals surface area contributed by atoms with E-state index in [4.69, 9.17) is 11.6 Å². The lowest BCUT2D eigenvalue weighted by molar-refractivity contribution is 0.0722. The highest BCUT2D eigenvalue weighted by molar-refractivity contribution is 6.34. The molecule has 0 unspecified atom stereocenters. The van der Waals surface area contributed by atoms with Gasteiger partial charge < -0.3 is 15.1 Å². The average molecular weight is 482 g/mol. The van der Waals surface area contributed by atoms with E-state index in [1.165, 1.54) is 18.2 Å². The SMILES string of the molecule is CC(C)CN(Cc1cc(NC(=O)c2ccccc2Cl)ccc1N(C)C)C(=O)c1cccc(F)c1. The summed E-state index contributed by atoms with van der Waals surface area (Å²) in [5, 5.41) is 3.26. The van der Waals surface area contributed by atoms with Crippen LogP contribution in [0.1, 0.15) is 40.1 Å². The first-order chi connectivity index (χ1) is 16.2. The Hall–Kier alpha value is -3.38. The Kier molecular flexibility index (Phi) is 8.29. The van der Waals surface area contributed by atoms with E-state index < -0.39 is 5.82 Å². The maximum absolute atomic E-state index is 13.8. The summed E-state index contributed by atoms with van der Waals surface area (Å²) < 4.78 is 13.8. The summed E-state index contributed by atoms with van der Waals surface area (Å²) in [5.41, 5.74) is 3.04. The van der Waals surface area contributed by atoms with Crippen molar-refractivity contribution in [2.24, 2.45) is 5.92 Å². The zero-order valence-corrected chi connectivity index (χ0v) is 20.6. The van der Waals surface area contributed by atoms with Crippen LogP contribution in [-0.2, 0) is 6.54 Å². The smallest absolute Gasteiger partial charge is 0.257 e. The largest absolute Gasteiger partial charge is 0.377 e. The molecule has 0 aliphatic carbocycles. The molecule has 0 radical (unpaired) electrons. The molecule has 178 valence electrons. The first kappa shape index (κ1) is 25.2. The molecular formula is C27H29ClFN3O2. The molecule has 0 aliphatic heterocycles. The second-order valence-corrected chi connectivity index (χ2v) is 9.17. The quantitative estimate of drug-likeness (QED) is 0.423. The molecule has 34 heavy (non-hydrogen) atoms. The number of halogens is 2. The Morgan fingerprint density at radius 3 is 2.38 bits per heavy atom. The van der Waals surface area contributed by atoms with Crippen molar-refractivity contribution in [1.82, 2.24) is 4.90 Å². The number of nitrogens with zero attached hydrogens (tertiary/aromatic N) is 2. The van der Waals surface area contributed by atoms with Crippen LogP contribution in [-0.4, -0.2) is 37.4 Å². The molecule has 0 aliphatic rings. The van der Waals surface area contributed by atoms with E-state index in [1.54, 1.807) is 35.2 Å². The lowest BCUT2D eigenvalue weighted by atomic mass is 10.1. The van der Waals surface area contributed by atoms with Gasteiger partial charge in [-0.25, -0.2) is 4.39 Å². The standard InChI is InChI=1S/C27H29ClFN3O2/c1-18(2)16-32(27(34)19-8-7-9-21(29)14-19)17-20-15-22(12-13-25(20)31(3)4)30-26(33)23-10-5-6-11-24(23)28/h5-15,18H,16-17H2,1-4H3,(H,30,33). The van der Waals surface area contributed by atoms with Gasteiger partial charge in [-0.1, -0.05) is 43.6 Å². The fraction of sp³-hybridized carbons (Fsp3) is 0.259. The summed E-state index contributed by atoms with van der Waals surface area (Å²) in [4.78, 5) is 29.7. The molecule has 3 aromatic carbocycles. The van der Waals surface area contributed by atoms with E-state index in [0.717, 1.165) is 11.3 Å². The summed E-state index contributed by atoms with van der Waals surface area (Å²) in [5.74, 6) is -0.801. The van der Waals surface area contributed by atoms with Gasteiger partial charge in [-0.05, 0) is 60.0 Å². The third-order valence-electron chi connectivity index (χ3n) is 5.24. The fourth-order valence-electron chi connectivity index (χ4n) is 3.74. The van der Waals surface area contributed by atoms with Crippen molar-refractivity contribution >= 4 is 34.8 Å². The molecule has 0 saturated heterocycles. The van der Waals surface area contributed by atoms with E-state index in [0.29, 0.717) is 34.9 Å². The van der Waals surface area contributed by atoms with Crippen molar-refractivity contribution in [2.75, 3.05) is 30.9 Å². The van der Waals surface area contributed by atoms with Crippen molar-refractivity contribution in [2.45, 2.75) is 20.4 Å². The lowest BCUT2D eigenvalue weighted by Crippen LogP contribution is -2.34. The van der Waals surface area contributed by atoms with E-state index in [2.05, 4.69) is 5.32 Å². The van der Waals surface area contributed by atoms with Crippen LogP contribution in [0, 0.1) is 11.7 Å². The average Bonchev–Trinajstić information content (AvgIpc) is 2.78. The fourth-order valence-corrected chi connectivity index (χ4v) is 3.96. The van der Waals surface area contributed by atoms with Gasteiger partial charge in [-0.15, -0.1) is 0 Å². The lowest BCUT2D eigenvalue weighted by Gasteiger charge is -2.28. The van der Waals surface area contributed by atoms with Crippen molar-refractivity contribution < 1.29 is 14.0 Å². The Bertz CT molecular complexity index is 1180. The first-order valence-electron chi connectivity index (χ1n) is 11.1. The van der Waals surface area contributed by atoms with Gasteiger partial charge >= 0.3 is 0 Å². The molecule has 0 atom stereocenters. The van der Waals surface area contributed by atoms with Gasteiger partial charge in [0, 0.05) is 44.1 Å². The summed E-state index contributed by atoms with van der Waals surface area (Å²) in [7, 11) is 3.84. The van der Waals surface area contributed by atoms with Crippen molar-refractivity contribution in [3.05, 3.63) is 94.3 Å². The van der Waals surface area contributed by atoms with Crippen LogP contribution < -0.4 is 10.2 Å². The van der Waals surface area contributed by atoms with Crippen molar-refractivity contribution in [1.29, 1.82) is 0 Å². The van der Waals surface area contributed by atoms with E-state index in [9.17, 15) is 14.0 Å². The first-order valence-corrected chi connectivity index (χ1v) is 11.4. The number of nitrogens with one attached hydrogen (secondary N) is 1. The molecule has 0 fully saturated rings. The minimum absolute atomic E-state index is 0.212. The van der Waals surface area contributed by atoms with Crippen LogP contribution in [0.25, 0.3) is 0 Å². The van der Waals surface area contributed by atoms with Gasteiger partial charge in [0.05, 0.1) is 10.6 Å². The highest BCUT2D eigenvalue weighted by atomic mass is 35.5. The second kappa shape index (κ2) is 11.2. The highest BCUT2D eigenvalue weighted by Crippen LogP contribution is 2.26. The number of hydrogen-bond donors (Lipinski definition) is 1. The number of anilines is 2. The highest BCUT2D eigenvalue weighted by Gasteiger charge is 2.20. The Labute approximate surface area is 205 Å². The van der Waals surface area contributed by atoms with Crippen LogP contribution in [0.4, 0.5) is 15.8 Å². The maximum Gasteiger partial charge on any atom is 0.257 e. The predicted molar refractivity (Wildman–Crippen MR) is 136 cm³/mol. The molecule has 3 aromatic rings. The van der Waals surface area contributed by atoms with Gasteiger partial charge in [0.25, 0.3) is 11.8 Å². The monoisotopic (exact) mass is 481 g/mol. The van der Waals surface area contributed by atoms with Crippen molar-refractivity contribution in [3.8, 4) is 0 Å². The Morgan fingerprint density at radius 2 is 1.74 bits per heavy atom. The second-order valence-electron chi connectivity index (χ2n) is 8.76. The molecule has 1 N–H and O–H groups in total. The summed E-state index contributed by atoms with van der Waals surface area (Å²) >= 11 is 6.17. The molecule has 2 amide bonds. The molecule has 5 nitrogen and oxygen atoms in total. The maximum atomic E-state index is 13.8. The van der Waals surface area contributed by atoms with E-state index >= 15 is 0 Å². The molecule has 0 bridgehead atoms. The molecule has 3 rings (SSSR count). The van der Waals surface area contributed by atoms with Crippen LogP contribution in [0.5, 0.6) is 0 Å². The normalized spacial score (nSPS) is 10.8. The number of amides is 2. The minimum Gasteiger partial charge on any atom is -0.377 e. The topological polar surface area (TPSA) is 52.7 Å². The molecular weight excluding hydrogens is 453 g/mol. The number of carbonyl (C=O) groups is 2. The number of benzene rings is 3. The Morgan fingerprint density at radius 1 is 1.00 bits per heavy atom. The molecule has 0 saturated carbocycles. The van der Waals surface area contributed by atoms with Gasteiger partial charge in [-0.2, -0.15) is 0 Å². The molecule has 0 spiro atoms. The minimum atomic E-state index is -0.450.